The maximum atomic E-state index is 13.3. The summed E-state index contributed by atoms with van der Waals surface area (Å²) in [4.78, 5) is 20.1. The van der Waals surface area contributed by atoms with Gasteiger partial charge in [0.15, 0.2) is 0 Å². The predicted octanol–water partition coefficient (Wildman–Crippen LogP) is 4.82. The summed E-state index contributed by atoms with van der Waals surface area (Å²) >= 11 is 0. The Kier molecular flexibility index (Phi) is 5.90. The third kappa shape index (κ3) is 4.24. The first-order chi connectivity index (χ1) is 14.9. The number of aryl methyl sites for hydroxylation is 3. The fraction of sp³-hybridized carbons (Fsp3) is 0.400. The monoisotopic (exact) mass is 420 g/mol. The van der Waals surface area contributed by atoms with Gasteiger partial charge < -0.3 is 4.90 Å². The number of halogens is 1. The third-order valence-corrected chi connectivity index (χ3v) is 6.20. The van der Waals surface area contributed by atoms with Gasteiger partial charge in [0, 0.05) is 43.0 Å². The van der Waals surface area contributed by atoms with Crippen molar-refractivity contribution in [3.63, 3.8) is 0 Å². The molecule has 3 heterocycles. The molecule has 2 aromatic heterocycles. The van der Waals surface area contributed by atoms with E-state index in [0.29, 0.717) is 12.2 Å². The molecule has 0 N–H and O–H groups in total. The van der Waals surface area contributed by atoms with Crippen LogP contribution in [-0.4, -0.2) is 38.7 Å². The van der Waals surface area contributed by atoms with Gasteiger partial charge in [-0.3, -0.25) is 14.5 Å². The van der Waals surface area contributed by atoms with Crippen molar-refractivity contribution >= 4 is 5.91 Å². The number of likely N-dealkylation sites (tertiary alicyclic amines) is 1. The molecule has 5 nitrogen and oxygen atoms in total. The highest BCUT2D eigenvalue weighted by Crippen LogP contribution is 2.30. The first-order valence-electron chi connectivity index (χ1n) is 10.9. The van der Waals surface area contributed by atoms with Gasteiger partial charge in [-0.25, -0.2) is 4.39 Å². The van der Waals surface area contributed by atoms with Crippen molar-refractivity contribution in [2.24, 2.45) is 7.05 Å². The molecular weight excluding hydrogens is 391 g/mol. The molecule has 1 aliphatic rings. The Morgan fingerprint density at radius 1 is 1.16 bits per heavy atom. The van der Waals surface area contributed by atoms with E-state index in [2.05, 4.69) is 18.1 Å². The number of pyridine rings is 1. The fourth-order valence-corrected chi connectivity index (χ4v) is 4.59. The van der Waals surface area contributed by atoms with E-state index in [0.717, 1.165) is 59.6 Å². The average molecular weight is 421 g/mol. The zero-order valence-corrected chi connectivity index (χ0v) is 18.7. The SMILES string of the molecule is CCc1nn(C)c(C(=O)N2CCCC(c3cc(-c4ccc(F)cc4)cc(C)n3)C2)c1C. The number of amides is 1. The Morgan fingerprint density at radius 3 is 2.58 bits per heavy atom. The number of aromatic nitrogens is 3. The number of benzene rings is 1. The van der Waals surface area contributed by atoms with Gasteiger partial charge >= 0.3 is 0 Å². The van der Waals surface area contributed by atoms with E-state index in [1.165, 1.54) is 12.1 Å². The van der Waals surface area contributed by atoms with E-state index in [1.807, 2.05) is 31.9 Å². The minimum Gasteiger partial charge on any atom is -0.337 e. The van der Waals surface area contributed by atoms with Crippen LogP contribution in [0.15, 0.2) is 36.4 Å². The Bertz CT molecular complexity index is 1100. The lowest BCUT2D eigenvalue weighted by Gasteiger charge is -2.33. The molecule has 1 aliphatic heterocycles. The summed E-state index contributed by atoms with van der Waals surface area (Å²) in [7, 11) is 1.85. The highest BCUT2D eigenvalue weighted by atomic mass is 19.1. The van der Waals surface area contributed by atoms with E-state index >= 15 is 0 Å². The second kappa shape index (κ2) is 8.61. The van der Waals surface area contributed by atoms with E-state index in [9.17, 15) is 9.18 Å². The van der Waals surface area contributed by atoms with Crippen molar-refractivity contribution in [3.05, 3.63) is 70.6 Å². The van der Waals surface area contributed by atoms with Crippen LogP contribution in [0.3, 0.4) is 0 Å². The van der Waals surface area contributed by atoms with Crippen molar-refractivity contribution in [2.75, 3.05) is 13.1 Å². The van der Waals surface area contributed by atoms with Crippen LogP contribution in [0.2, 0.25) is 0 Å². The van der Waals surface area contributed by atoms with Gasteiger partial charge in [-0.05, 0) is 68.5 Å². The molecule has 1 saturated heterocycles. The van der Waals surface area contributed by atoms with Crippen molar-refractivity contribution in [3.8, 4) is 11.1 Å². The summed E-state index contributed by atoms with van der Waals surface area (Å²) in [6.07, 6.45) is 2.75. The highest BCUT2D eigenvalue weighted by molar-refractivity contribution is 5.94. The molecule has 1 atom stereocenters. The van der Waals surface area contributed by atoms with Crippen LogP contribution in [-0.2, 0) is 13.5 Å². The molecule has 1 fully saturated rings. The lowest BCUT2D eigenvalue weighted by atomic mass is 9.92. The first-order valence-corrected chi connectivity index (χ1v) is 10.9. The summed E-state index contributed by atoms with van der Waals surface area (Å²) < 4.78 is 15.1. The predicted molar refractivity (Wildman–Crippen MR) is 120 cm³/mol. The highest BCUT2D eigenvalue weighted by Gasteiger charge is 2.29. The molecule has 6 heteroatoms. The fourth-order valence-electron chi connectivity index (χ4n) is 4.59. The zero-order chi connectivity index (χ0) is 22.1. The molecule has 0 saturated carbocycles. The van der Waals surface area contributed by atoms with Crippen molar-refractivity contribution < 1.29 is 9.18 Å². The van der Waals surface area contributed by atoms with Crippen LogP contribution in [0, 0.1) is 19.7 Å². The zero-order valence-electron chi connectivity index (χ0n) is 18.7. The van der Waals surface area contributed by atoms with Crippen LogP contribution in [0.25, 0.3) is 11.1 Å². The molecule has 0 radical (unpaired) electrons. The minimum absolute atomic E-state index is 0.0447. The Balaban J connectivity index is 1.60. The van der Waals surface area contributed by atoms with Crippen LogP contribution in [0.4, 0.5) is 4.39 Å². The van der Waals surface area contributed by atoms with Gasteiger partial charge in [0.05, 0.1) is 5.69 Å². The third-order valence-electron chi connectivity index (χ3n) is 6.20. The first kappa shape index (κ1) is 21.2. The Labute approximate surface area is 182 Å². The van der Waals surface area contributed by atoms with E-state index in [1.54, 1.807) is 16.8 Å². The summed E-state index contributed by atoms with van der Waals surface area (Å²) in [6.45, 7) is 7.41. The largest absolute Gasteiger partial charge is 0.337 e. The van der Waals surface area contributed by atoms with Gasteiger partial charge in [-0.2, -0.15) is 5.10 Å². The normalized spacial score (nSPS) is 16.5. The molecule has 0 bridgehead atoms. The minimum atomic E-state index is -0.243. The molecule has 3 aromatic rings. The van der Waals surface area contributed by atoms with Crippen LogP contribution >= 0.6 is 0 Å². The van der Waals surface area contributed by atoms with Crippen molar-refractivity contribution in [2.45, 2.75) is 46.0 Å². The van der Waals surface area contributed by atoms with E-state index in [4.69, 9.17) is 4.98 Å². The second-order valence-corrected chi connectivity index (χ2v) is 8.42. The molecular formula is C25H29FN4O. The molecule has 4 rings (SSSR count). The molecule has 162 valence electrons. The van der Waals surface area contributed by atoms with E-state index in [-0.39, 0.29) is 17.6 Å². The number of carbonyl (C=O) groups is 1. The quantitative estimate of drug-likeness (QED) is 0.608. The van der Waals surface area contributed by atoms with Crippen LogP contribution < -0.4 is 0 Å². The van der Waals surface area contributed by atoms with E-state index < -0.39 is 0 Å². The molecule has 1 unspecified atom stereocenters. The lowest BCUT2D eigenvalue weighted by molar-refractivity contribution is 0.0694. The smallest absolute Gasteiger partial charge is 0.272 e. The summed E-state index contributed by atoms with van der Waals surface area (Å²) in [5.74, 6) is -0.0211. The Morgan fingerprint density at radius 2 is 1.90 bits per heavy atom. The average Bonchev–Trinajstić information content (AvgIpc) is 3.06. The number of hydrogen-bond donors (Lipinski definition) is 0. The van der Waals surface area contributed by atoms with Crippen molar-refractivity contribution in [1.29, 1.82) is 0 Å². The number of nitrogens with zero attached hydrogens (tertiary/aromatic N) is 4. The van der Waals surface area contributed by atoms with Gasteiger partial charge in [-0.15, -0.1) is 0 Å². The maximum absolute atomic E-state index is 13.3. The molecule has 0 aliphatic carbocycles. The number of rotatable bonds is 4. The standard InChI is InChI=1S/C25H29FN4O/c1-5-22-17(3)24(29(4)28-22)25(31)30-12-6-7-19(15-30)23-14-20(13-16(2)27-23)18-8-10-21(26)11-9-18/h8-11,13-14,19H,5-7,12,15H2,1-4H3. The van der Waals surface area contributed by atoms with Gasteiger partial charge in [0.1, 0.15) is 11.5 Å². The number of piperidine rings is 1. The molecule has 31 heavy (non-hydrogen) atoms. The molecule has 1 amide bonds. The molecule has 1 aromatic carbocycles. The number of hydrogen-bond acceptors (Lipinski definition) is 3. The topological polar surface area (TPSA) is 51.0 Å². The summed E-state index contributed by atoms with van der Waals surface area (Å²) in [5.41, 5.74) is 6.55. The summed E-state index contributed by atoms with van der Waals surface area (Å²) in [6, 6.07) is 10.7. The van der Waals surface area contributed by atoms with Crippen LogP contribution in [0.5, 0.6) is 0 Å². The van der Waals surface area contributed by atoms with Crippen LogP contribution in [0.1, 0.15) is 58.8 Å². The number of carbonyl (C=O) groups excluding carboxylic acids is 1. The van der Waals surface area contributed by atoms with Crippen molar-refractivity contribution in [1.82, 2.24) is 19.7 Å². The van der Waals surface area contributed by atoms with Gasteiger partial charge in [-0.1, -0.05) is 19.1 Å². The van der Waals surface area contributed by atoms with Gasteiger partial charge in [0.25, 0.3) is 5.91 Å². The Hall–Kier alpha value is -3.02. The summed E-state index contributed by atoms with van der Waals surface area (Å²) in [5, 5.41) is 4.51. The maximum Gasteiger partial charge on any atom is 0.272 e. The second-order valence-electron chi connectivity index (χ2n) is 8.42. The molecule has 0 spiro atoms. The van der Waals surface area contributed by atoms with Gasteiger partial charge in [0.2, 0.25) is 0 Å². The lowest BCUT2D eigenvalue weighted by Crippen LogP contribution is -2.40.